The number of hydrogen-bond acceptors (Lipinski definition) is 1. The Bertz CT molecular complexity index is 351. The van der Waals surface area contributed by atoms with Crippen LogP contribution in [0.2, 0.25) is 0 Å². The molecule has 12 heavy (non-hydrogen) atoms. The topological polar surface area (TPSA) is 27.8 Å². The van der Waals surface area contributed by atoms with Gasteiger partial charge in [0.05, 0.1) is 0 Å². The fraction of sp³-hybridized carbons (Fsp3) is 0.400. The molecule has 1 aromatic rings. The van der Waals surface area contributed by atoms with Gasteiger partial charge in [0.15, 0.2) is 0 Å². The van der Waals surface area contributed by atoms with E-state index < -0.39 is 0 Å². The van der Waals surface area contributed by atoms with Crippen LogP contribution in [0, 0.1) is 6.92 Å². The van der Waals surface area contributed by atoms with E-state index in [-0.39, 0.29) is 1.43 Å². The lowest BCUT2D eigenvalue weighted by molar-refractivity contribution is 0.962. The molecule has 0 amide bonds. The average Bonchev–Trinajstić information content (AvgIpc) is 2.43. The highest BCUT2D eigenvalue weighted by molar-refractivity contribution is 5.30. The van der Waals surface area contributed by atoms with E-state index in [2.05, 4.69) is 36.4 Å². The van der Waals surface area contributed by atoms with Crippen LogP contribution >= 0.6 is 0 Å². The molecular formula is C10H18N2. The van der Waals surface area contributed by atoms with Crippen LogP contribution in [0.3, 0.4) is 0 Å². The van der Waals surface area contributed by atoms with Crippen molar-refractivity contribution in [3.8, 4) is 0 Å². The lowest BCUT2D eigenvalue weighted by Gasteiger charge is -1.90. The molecule has 68 valence electrons. The van der Waals surface area contributed by atoms with Gasteiger partial charge in [0.25, 0.3) is 0 Å². The maximum Gasteiger partial charge on any atom is 0.0427 e. The molecule has 0 aliphatic carbocycles. The normalized spacial score (nSPS) is 13.9. The van der Waals surface area contributed by atoms with Crippen molar-refractivity contribution in [3.63, 3.8) is 0 Å². The quantitative estimate of drug-likeness (QED) is 0.665. The molecule has 0 radical (unpaired) electrons. The fourth-order valence-corrected chi connectivity index (χ4v) is 1.19. The Balaban J connectivity index is 0.00000144. The zero-order chi connectivity index (χ0) is 8.97. The van der Waals surface area contributed by atoms with Crippen LogP contribution in [0.4, 0.5) is 0 Å². The first-order valence-corrected chi connectivity index (χ1v) is 4.33. The van der Waals surface area contributed by atoms with Crippen LogP contribution in [-0.2, 0) is 0 Å². The molecule has 1 rings (SSSR count). The molecule has 0 aromatic carbocycles. The second-order valence-electron chi connectivity index (χ2n) is 2.79. The number of hydrogen-bond donors (Lipinski definition) is 2. The second kappa shape index (κ2) is 4.00. The third-order valence-corrected chi connectivity index (χ3v) is 1.90. The van der Waals surface area contributed by atoms with Crippen molar-refractivity contribution in [2.24, 2.45) is 0 Å². The van der Waals surface area contributed by atoms with Gasteiger partial charge in [-0.15, -0.1) is 0 Å². The summed E-state index contributed by atoms with van der Waals surface area (Å²) in [6.07, 6.45) is 6.16. The van der Waals surface area contributed by atoms with E-state index >= 15 is 0 Å². The van der Waals surface area contributed by atoms with E-state index in [1.54, 1.807) is 0 Å². The molecule has 1 heterocycles. The molecule has 0 spiro atoms. The summed E-state index contributed by atoms with van der Waals surface area (Å²) < 4.78 is 0. The van der Waals surface area contributed by atoms with Crippen LogP contribution in [0.25, 0.3) is 12.3 Å². The van der Waals surface area contributed by atoms with Gasteiger partial charge in [-0.3, -0.25) is 0 Å². The molecule has 0 saturated carbocycles. The first-order chi connectivity index (χ1) is 5.79. The summed E-state index contributed by atoms with van der Waals surface area (Å²) in [5.41, 5.74) is 1.28. The second-order valence-corrected chi connectivity index (χ2v) is 2.79. The minimum Gasteiger partial charge on any atom is -0.391 e. The maximum absolute atomic E-state index is 3.21. The van der Waals surface area contributed by atoms with Crippen molar-refractivity contribution >= 4 is 12.3 Å². The first-order valence-electron chi connectivity index (χ1n) is 4.33. The van der Waals surface area contributed by atoms with Gasteiger partial charge in [-0.2, -0.15) is 0 Å². The van der Waals surface area contributed by atoms with Crippen LogP contribution in [0.15, 0.2) is 6.20 Å². The smallest absolute Gasteiger partial charge is 0.0427 e. The van der Waals surface area contributed by atoms with Gasteiger partial charge in [0, 0.05) is 30.9 Å². The molecule has 0 aliphatic rings. The Morgan fingerprint density at radius 3 is 3.00 bits per heavy atom. The lowest BCUT2D eigenvalue weighted by Crippen LogP contribution is -2.26. The maximum atomic E-state index is 3.21. The van der Waals surface area contributed by atoms with Crippen molar-refractivity contribution in [2.75, 3.05) is 6.54 Å². The van der Waals surface area contributed by atoms with E-state index in [1.807, 2.05) is 13.1 Å². The molecule has 0 atom stereocenters. The summed E-state index contributed by atoms with van der Waals surface area (Å²) in [5.74, 6) is 0. The summed E-state index contributed by atoms with van der Waals surface area (Å²) >= 11 is 0. The number of nitrogens with one attached hydrogen (secondary N) is 2. The van der Waals surface area contributed by atoms with Crippen molar-refractivity contribution in [1.82, 2.24) is 10.3 Å². The number of aromatic nitrogens is 1. The van der Waals surface area contributed by atoms with E-state index in [0.29, 0.717) is 0 Å². The highest BCUT2D eigenvalue weighted by atomic mass is 14.8. The standard InChI is InChI=1S/C10H16N2.H2/c1-4-10-9(7-11-5-2)8(3)6-12-10;/h4,6-7,11-12H,5H2,1-3H3;1H/b9-7-,10-4+;. The van der Waals surface area contributed by atoms with Gasteiger partial charge < -0.3 is 10.3 Å². The predicted molar refractivity (Wildman–Crippen MR) is 55.2 cm³/mol. The predicted octanol–water partition coefficient (Wildman–Crippen LogP) is 0.717. The average molecular weight is 166 g/mol. The minimum absolute atomic E-state index is 0. The molecule has 0 bridgehead atoms. The van der Waals surface area contributed by atoms with E-state index in [0.717, 1.165) is 6.54 Å². The zero-order valence-corrected chi connectivity index (χ0v) is 7.94. The van der Waals surface area contributed by atoms with Crippen molar-refractivity contribution in [2.45, 2.75) is 20.8 Å². The van der Waals surface area contributed by atoms with Gasteiger partial charge in [-0.1, -0.05) is 6.08 Å². The van der Waals surface area contributed by atoms with Crippen LogP contribution in [-0.4, -0.2) is 11.5 Å². The summed E-state index contributed by atoms with van der Waals surface area (Å²) in [6, 6.07) is 0. The highest BCUT2D eigenvalue weighted by Gasteiger charge is 1.90. The molecule has 2 N–H and O–H groups in total. The first kappa shape index (κ1) is 8.91. The third-order valence-electron chi connectivity index (χ3n) is 1.90. The number of aromatic amines is 1. The SMILES string of the molecule is C/C=c1/[nH]cc(C)/c1=C/NCC.[HH]. The number of rotatable bonds is 2. The molecule has 0 fully saturated rings. The Labute approximate surface area is 74.5 Å². The molecule has 0 aliphatic heterocycles. The van der Waals surface area contributed by atoms with Gasteiger partial charge in [0.2, 0.25) is 0 Å². The summed E-state index contributed by atoms with van der Waals surface area (Å²) in [7, 11) is 0. The molecule has 1 aromatic heterocycles. The monoisotopic (exact) mass is 166 g/mol. The Morgan fingerprint density at radius 1 is 1.67 bits per heavy atom. The lowest BCUT2D eigenvalue weighted by atomic mass is 10.3. The molecule has 2 heteroatoms. The molecular weight excluding hydrogens is 148 g/mol. The van der Waals surface area contributed by atoms with Crippen molar-refractivity contribution < 1.29 is 1.43 Å². The van der Waals surface area contributed by atoms with Crippen LogP contribution in [0.5, 0.6) is 0 Å². The van der Waals surface area contributed by atoms with E-state index in [1.165, 1.54) is 16.1 Å². The highest BCUT2D eigenvalue weighted by Crippen LogP contribution is 1.78. The Hall–Kier alpha value is -1.18. The van der Waals surface area contributed by atoms with E-state index in [4.69, 9.17) is 0 Å². The minimum atomic E-state index is 0. The number of aryl methyl sites for hydroxylation is 1. The summed E-state index contributed by atoms with van der Waals surface area (Å²) in [4.78, 5) is 3.21. The Kier molecular flexibility index (Phi) is 2.97. The van der Waals surface area contributed by atoms with Gasteiger partial charge >= 0.3 is 0 Å². The molecule has 0 saturated heterocycles. The largest absolute Gasteiger partial charge is 0.391 e. The van der Waals surface area contributed by atoms with E-state index in [9.17, 15) is 0 Å². The van der Waals surface area contributed by atoms with Crippen molar-refractivity contribution in [3.05, 3.63) is 22.3 Å². The summed E-state index contributed by atoms with van der Waals surface area (Å²) in [5, 5.41) is 5.65. The Morgan fingerprint density at radius 2 is 2.42 bits per heavy atom. The number of H-pyrrole nitrogens is 1. The summed E-state index contributed by atoms with van der Waals surface area (Å²) in [6.45, 7) is 7.20. The van der Waals surface area contributed by atoms with Gasteiger partial charge in [-0.25, -0.2) is 0 Å². The molecule has 2 nitrogen and oxygen atoms in total. The van der Waals surface area contributed by atoms with Gasteiger partial charge in [-0.05, 0) is 26.3 Å². The third kappa shape index (κ3) is 1.70. The van der Waals surface area contributed by atoms with Crippen LogP contribution < -0.4 is 15.9 Å². The zero-order valence-electron chi connectivity index (χ0n) is 7.94. The van der Waals surface area contributed by atoms with Crippen LogP contribution in [0.1, 0.15) is 20.8 Å². The fourth-order valence-electron chi connectivity index (χ4n) is 1.19. The molecule has 0 unspecified atom stereocenters. The van der Waals surface area contributed by atoms with Gasteiger partial charge in [0.1, 0.15) is 0 Å². The van der Waals surface area contributed by atoms with Crippen molar-refractivity contribution in [1.29, 1.82) is 0 Å².